The molecule has 1 atom stereocenters. The molecule has 17 heavy (non-hydrogen) atoms. The summed E-state index contributed by atoms with van der Waals surface area (Å²) >= 11 is 0. The molecule has 3 heteroatoms. The van der Waals surface area contributed by atoms with Crippen molar-refractivity contribution in [1.29, 1.82) is 0 Å². The van der Waals surface area contributed by atoms with Crippen LogP contribution in [-0.2, 0) is 6.54 Å². The summed E-state index contributed by atoms with van der Waals surface area (Å²) in [6, 6.07) is 6.23. The molecule has 0 fully saturated rings. The van der Waals surface area contributed by atoms with E-state index in [1.165, 1.54) is 11.1 Å². The fourth-order valence-electron chi connectivity index (χ4n) is 1.77. The van der Waals surface area contributed by atoms with Crippen molar-refractivity contribution in [2.45, 2.75) is 39.3 Å². The van der Waals surface area contributed by atoms with Crippen molar-refractivity contribution in [3.63, 3.8) is 0 Å². The molecule has 0 saturated carbocycles. The van der Waals surface area contributed by atoms with Crippen LogP contribution in [0.1, 0.15) is 37.8 Å². The quantitative estimate of drug-likeness (QED) is 0.797. The van der Waals surface area contributed by atoms with Gasteiger partial charge in [0.25, 0.3) is 0 Å². The van der Waals surface area contributed by atoms with Gasteiger partial charge in [0.05, 0.1) is 13.2 Å². The highest BCUT2D eigenvalue weighted by Crippen LogP contribution is 2.27. The van der Waals surface area contributed by atoms with Gasteiger partial charge in [-0.15, -0.1) is 0 Å². The topological polar surface area (TPSA) is 41.5 Å². The lowest BCUT2D eigenvalue weighted by molar-refractivity contribution is 0.191. The summed E-state index contributed by atoms with van der Waals surface area (Å²) < 4.78 is 5.34. The van der Waals surface area contributed by atoms with E-state index < -0.39 is 0 Å². The Balaban J connectivity index is 2.71. The van der Waals surface area contributed by atoms with E-state index in [-0.39, 0.29) is 6.10 Å². The number of aliphatic hydroxyl groups is 1. The molecule has 2 N–H and O–H groups in total. The third-order valence-corrected chi connectivity index (χ3v) is 2.68. The van der Waals surface area contributed by atoms with Crippen LogP contribution < -0.4 is 10.1 Å². The molecule has 1 aromatic rings. The van der Waals surface area contributed by atoms with E-state index >= 15 is 0 Å². The number of ether oxygens (including phenoxy) is 1. The van der Waals surface area contributed by atoms with Crippen LogP contribution in [0.3, 0.4) is 0 Å². The summed E-state index contributed by atoms with van der Waals surface area (Å²) in [6.45, 7) is 7.48. The summed E-state index contributed by atoms with van der Waals surface area (Å²) in [5.74, 6) is 1.39. The van der Waals surface area contributed by atoms with E-state index in [9.17, 15) is 5.11 Å². The zero-order chi connectivity index (χ0) is 12.8. The van der Waals surface area contributed by atoms with E-state index in [0.717, 1.165) is 12.3 Å². The van der Waals surface area contributed by atoms with Gasteiger partial charge in [-0.25, -0.2) is 0 Å². The highest BCUT2D eigenvalue weighted by molar-refractivity contribution is 5.39. The summed E-state index contributed by atoms with van der Waals surface area (Å²) in [7, 11) is 1.70. The van der Waals surface area contributed by atoms with Crippen molar-refractivity contribution < 1.29 is 9.84 Å². The molecule has 3 nitrogen and oxygen atoms in total. The molecule has 0 aromatic heterocycles. The lowest BCUT2D eigenvalue weighted by atomic mass is 9.99. The van der Waals surface area contributed by atoms with Gasteiger partial charge in [0.2, 0.25) is 0 Å². The Morgan fingerprint density at radius 1 is 1.29 bits per heavy atom. The highest BCUT2D eigenvalue weighted by Gasteiger charge is 2.08. The molecule has 0 heterocycles. The molecule has 0 bridgehead atoms. The Morgan fingerprint density at radius 2 is 2.00 bits per heavy atom. The minimum Gasteiger partial charge on any atom is -0.496 e. The first kappa shape index (κ1) is 14.0. The fraction of sp³-hybridized carbons (Fsp3) is 0.571. The molecule has 0 spiro atoms. The summed E-state index contributed by atoms with van der Waals surface area (Å²) in [6.07, 6.45) is -0.308. The van der Waals surface area contributed by atoms with Gasteiger partial charge in [0, 0.05) is 13.1 Å². The third-order valence-electron chi connectivity index (χ3n) is 2.68. The number of methoxy groups -OCH3 is 1. The van der Waals surface area contributed by atoms with Gasteiger partial charge < -0.3 is 15.2 Å². The van der Waals surface area contributed by atoms with Crippen molar-refractivity contribution in [2.75, 3.05) is 13.7 Å². The van der Waals surface area contributed by atoms with Crippen LogP contribution in [0.15, 0.2) is 18.2 Å². The number of rotatable bonds is 6. The van der Waals surface area contributed by atoms with Gasteiger partial charge in [0.15, 0.2) is 0 Å². The van der Waals surface area contributed by atoms with Gasteiger partial charge in [-0.05, 0) is 30.0 Å². The van der Waals surface area contributed by atoms with Crippen LogP contribution in [0.5, 0.6) is 5.75 Å². The number of nitrogens with one attached hydrogen (secondary N) is 1. The first-order valence-electron chi connectivity index (χ1n) is 6.10. The summed E-state index contributed by atoms with van der Waals surface area (Å²) in [5, 5.41) is 12.4. The van der Waals surface area contributed by atoms with Crippen molar-refractivity contribution in [2.24, 2.45) is 0 Å². The van der Waals surface area contributed by atoms with E-state index in [2.05, 4.69) is 31.3 Å². The average Bonchev–Trinajstić information content (AvgIpc) is 2.28. The summed E-state index contributed by atoms with van der Waals surface area (Å²) in [4.78, 5) is 0. The Labute approximate surface area is 104 Å². The zero-order valence-corrected chi connectivity index (χ0v) is 11.2. The largest absolute Gasteiger partial charge is 0.496 e. The van der Waals surface area contributed by atoms with Crippen LogP contribution in [0.25, 0.3) is 0 Å². The first-order valence-corrected chi connectivity index (χ1v) is 6.10. The third kappa shape index (κ3) is 4.36. The SMILES string of the molecule is COc1ccc(CNCC(C)O)cc1C(C)C. The van der Waals surface area contributed by atoms with Crippen molar-refractivity contribution in [3.05, 3.63) is 29.3 Å². The standard InChI is InChI=1S/C14H23NO2/c1-10(2)13-7-12(5-6-14(13)17-4)9-15-8-11(3)16/h5-7,10-11,15-16H,8-9H2,1-4H3. The minimum absolute atomic E-state index is 0.308. The van der Waals surface area contributed by atoms with Gasteiger partial charge in [-0.2, -0.15) is 0 Å². The lowest BCUT2D eigenvalue weighted by Crippen LogP contribution is -2.23. The van der Waals surface area contributed by atoms with Crippen LogP contribution in [0.4, 0.5) is 0 Å². The Morgan fingerprint density at radius 3 is 2.53 bits per heavy atom. The smallest absolute Gasteiger partial charge is 0.122 e. The molecule has 0 radical (unpaired) electrons. The molecule has 1 rings (SSSR count). The van der Waals surface area contributed by atoms with Gasteiger partial charge >= 0.3 is 0 Å². The van der Waals surface area contributed by atoms with Crippen molar-refractivity contribution in [1.82, 2.24) is 5.32 Å². The molecule has 1 aromatic carbocycles. The Kier molecular flexibility index (Phi) is 5.45. The maximum Gasteiger partial charge on any atom is 0.122 e. The molecule has 0 aliphatic carbocycles. The molecule has 1 unspecified atom stereocenters. The summed E-state index contributed by atoms with van der Waals surface area (Å²) in [5.41, 5.74) is 2.44. The number of benzene rings is 1. The van der Waals surface area contributed by atoms with Gasteiger partial charge in [-0.1, -0.05) is 26.0 Å². The monoisotopic (exact) mass is 237 g/mol. The molecule has 96 valence electrons. The Hall–Kier alpha value is -1.06. The molecule has 0 aliphatic rings. The van der Waals surface area contributed by atoms with Gasteiger partial charge in [0.1, 0.15) is 5.75 Å². The number of aliphatic hydroxyl groups excluding tert-OH is 1. The van der Waals surface area contributed by atoms with E-state index in [4.69, 9.17) is 4.74 Å². The Bertz CT molecular complexity index is 348. The average molecular weight is 237 g/mol. The maximum absolute atomic E-state index is 9.17. The highest BCUT2D eigenvalue weighted by atomic mass is 16.5. The fourth-order valence-corrected chi connectivity index (χ4v) is 1.77. The van der Waals surface area contributed by atoms with Crippen molar-refractivity contribution >= 4 is 0 Å². The van der Waals surface area contributed by atoms with Crippen LogP contribution in [0, 0.1) is 0 Å². The van der Waals surface area contributed by atoms with Gasteiger partial charge in [-0.3, -0.25) is 0 Å². The second-order valence-electron chi connectivity index (χ2n) is 4.71. The van der Waals surface area contributed by atoms with Crippen LogP contribution in [0.2, 0.25) is 0 Å². The molecular weight excluding hydrogens is 214 g/mol. The zero-order valence-electron chi connectivity index (χ0n) is 11.2. The number of hydrogen-bond acceptors (Lipinski definition) is 3. The van der Waals surface area contributed by atoms with Crippen molar-refractivity contribution in [3.8, 4) is 5.75 Å². The normalized spacial score (nSPS) is 12.8. The van der Waals surface area contributed by atoms with Crippen LogP contribution in [-0.4, -0.2) is 24.9 Å². The van der Waals surface area contributed by atoms with E-state index in [0.29, 0.717) is 12.5 Å². The number of hydrogen-bond donors (Lipinski definition) is 2. The van der Waals surface area contributed by atoms with E-state index in [1.54, 1.807) is 14.0 Å². The van der Waals surface area contributed by atoms with Crippen LogP contribution >= 0.6 is 0 Å². The minimum atomic E-state index is -0.308. The second kappa shape index (κ2) is 6.62. The predicted octanol–water partition coefficient (Wildman–Crippen LogP) is 2.29. The second-order valence-corrected chi connectivity index (χ2v) is 4.71. The molecular formula is C14H23NO2. The van der Waals surface area contributed by atoms with E-state index in [1.807, 2.05) is 6.07 Å². The first-order chi connectivity index (χ1) is 8.04. The predicted molar refractivity (Wildman–Crippen MR) is 70.5 cm³/mol. The molecule has 0 aliphatic heterocycles. The molecule has 0 saturated heterocycles. The maximum atomic E-state index is 9.17. The lowest BCUT2D eigenvalue weighted by Gasteiger charge is -2.14. The molecule has 0 amide bonds.